The standard InChI is InChI=1S/C27H42O4/c1-2-3-4-5-6-7-8-9-10-11-12-13-14-15-16-17-22-31-27(30)21-19-24-18-20-25(28)26(29)23-24/h6-7,9-10,18,20,23,28-29H,2-5,8,11-17,19,21-22H2,1H3/b7-6-,10-9-. The van der Waals surface area contributed by atoms with Gasteiger partial charge in [-0.2, -0.15) is 0 Å². The van der Waals surface area contributed by atoms with Gasteiger partial charge >= 0.3 is 5.97 Å². The average molecular weight is 431 g/mol. The van der Waals surface area contributed by atoms with Crippen molar-refractivity contribution in [2.45, 2.75) is 96.8 Å². The fourth-order valence-electron chi connectivity index (χ4n) is 3.32. The van der Waals surface area contributed by atoms with Crippen LogP contribution in [0.1, 0.15) is 96.0 Å². The molecule has 0 aliphatic heterocycles. The van der Waals surface area contributed by atoms with E-state index in [0.717, 1.165) is 24.8 Å². The minimum Gasteiger partial charge on any atom is -0.504 e. The van der Waals surface area contributed by atoms with Gasteiger partial charge in [0, 0.05) is 6.42 Å². The number of rotatable bonds is 18. The van der Waals surface area contributed by atoms with Crippen LogP contribution in [0.15, 0.2) is 42.5 Å². The van der Waals surface area contributed by atoms with Gasteiger partial charge in [0.25, 0.3) is 0 Å². The van der Waals surface area contributed by atoms with Gasteiger partial charge in [-0.25, -0.2) is 0 Å². The number of phenols is 2. The summed E-state index contributed by atoms with van der Waals surface area (Å²) in [5.41, 5.74) is 0.806. The van der Waals surface area contributed by atoms with E-state index in [4.69, 9.17) is 4.74 Å². The second-order valence-electron chi connectivity index (χ2n) is 8.13. The maximum absolute atomic E-state index is 11.8. The predicted octanol–water partition coefficient (Wildman–Crippen LogP) is 7.39. The summed E-state index contributed by atoms with van der Waals surface area (Å²) < 4.78 is 5.27. The van der Waals surface area contributed by atoms with Crippen molar-refractivity contribution in [3.8, 4) is 11.5 Å². The first kappa shape index (κ1) is 26.8. The number of hydrogen-bond donors (Lipinski definition) is 2. The van der Waals surface area contributed by atoms with E-state index in [1.807, 2.05) is 0 Å². The molecule has 31 heavy (non-hydrogen) atoms. The maximum Gasteiger partial charge on any atom is 0.306 e. The molecule has 1 aromatic carbocycles. The molecule has 0 radical (unpaired) electrons. The van der Waals surface area contributed by atoms with Gasteiger partial charge < -0.3 is 14.9 Å². The van der Waals surface area contributed by atoms with Crippen molar-refractivity contribution in [3.63, 3.8) is 0 Å². The number of esters is 1. The molecule has 1 aromatic rings. The lowest BCUT2D eigenvalue weighted by atomic mass is 10.1. The zero-order valence-corrected chi connectivity index (χ0v) is 19.4. The summed E-state index contributed by atoms with van der Waals surface area (Å²) in [6.45, 7) is 2.72. The third-order valence-electron chi connectivity index (χ3n) is 5.27. The molecule has 0 atom stereocenters. The Morgan fingerprint density at radius 1 is 0.839 bits per heavy atom. The molecule has 0 saturated carbocycles. The van der Waals surface area contributed by atoms with Crippen molar-refractivity contribution in [1.29, 1.82) is 0 Å². The number of aryl methyl sites for hydroxylation is 1. The third kappa shape index (κ3) is 15.3. The monoisotopic (exact) mass is 430 g/mol. The largest absolute Gasteiger partial charge is 0.504 e. The first-order chi connectivity index (χ1) is 15.1. The van der Waals surface area contributed by atoms with Gasteiger partial charge in [0.1, 0.15) is 0 Å². The van der Waals surface area contributed by atoms with Crippen LogP contribution in [0.25, 0.3) is 0 Å². The number of phenolic OH excluding ortho intramolecular Hbond substituents is 2. The summed E-state index contributed by atoms with van der Waals surface area (Å²) in [7, 11) is 0. The van der Waals surface area contributed by atoms with Gasteiger partial charge in [0.2, 0.25) is 0 Å². The topological polar surface area (TPSA) is 66.8 Å². The first-order valence-corrected chi connectivity index (χ1v) is 12.1. The fraction of sp³-hybridized carbons (Fsp3) is 0.593. The fourth-order valence-corrected chi connectivity index (χ4v) is 3.32. The summed E-state index contributed by atoms with van der Waals surface area (Å²) in [6.07, 6.45) is 24.3. The third-order valence-corrected chi connectivity index (χ3v) is 5.27. The van der Waals surface area contributed by atoms with Gasteiger partial charge in [0.15, 0.2) is 11.5 Å². The van der Waals surface area contributed by atoms with E-state index < -0.39 is 0 Å². The SMILES string of the molecule is CCCCC/C=C\C/C=C\CCCCCCCCOC(=O)CCc1ccc(O)c(O)c1. The van der Waals surface area contributed by atoms with Crippen molar-refractivity contribution in [3.05, 3.63) is 48.1 Å². The van der Waals surface area contributed by atoms with Crippen LogP contribution in [-0.2, 0) is 16.0 Å². The highest BCUT2D eigenvalue weighted by molar-refractivity contribution is 5.69. The summed E-state index contributed by atoms with van der Waals surface area (Å²) in [6, 6.07) is 4.61. The summed E-state index contributed by atoms with van der Waals surface area (Å²) in [5.74, 6) is -0.522. The number of benzene rings is 1. The molecule has 0 spiro atoms. The van der Waals surface area contributed by atoms with Crippen LogP contribution in [-0.4, -0.2) is 22.8 Å². The molecule has 0 unspecified atom stereocenters. The maximum atomic E-state index is 11.8. The van der Waals surface area contributed by atoms with Gasteiger partial charge in [0.05, 0.1) is 6.61 Å². The van der Waals surface area contributed by atoms with Gasteiger partial charge in [-0.1, -0.05) is 75.8 Å². The van der Waals surface area contributed by atoms with Crippen LogP contribution in [0.2, 0.25) is 0 Å². The van der Waals surface area contributed by atoms with E-state index in [1.165, 1.54) is 69.9 Å². The predicted molar refractivity (Wildman–Crippen MR) is 128 cm³/mol. The summed E-state index contributed by atoms with van der Waals surface area (Å²) >= 11 is 0. The van der Waals surface area contributed by atoms with E-state index in [1.54, 1.807) is 6.07 Å². The van der Waals surface area contributed by atoms with Crippen molar-refractivity contribution >= 4 is 5.97 Å². The Bertz CT molecular complexity index is 649. The van der Waals surface area contributed by atoms with Crippen molar-refractivity contribution in [1.82, 2.24) is 0 Å². The van der Waals surface area contributed by atoms with Gasteiger partial charge in [-0.3, -0.25) is 4.79 Å². The molecule has 4 nitrogen and oxygen atoms in total. The van der Waals surface area contributed by atoms with Crippen LogP contribution < -0.4 is 0 Å². The molecule has 0 aliphatic carbocycles. The van der Waals surface area contributed by atoms with Crippen molar-refractivity contribution in [2.75, 3.05) is 6.61 Å². The molecule has 0 saturated heterocycles. The Morgan fingerprint density at radius 3 is 2.16 bits per heavy atom. The van der Waals surface area contributed by atoms with Crippen LogP contribution in [0.4, 0.5) is 0 Å². The second-order valence-corrected chi connectivity index (χ2v) is 8.13. The molecule has 0 heterocycles. The van der Waals surface area contributed by atoms with E-state index >= 15 is 0 Å². The minimum absolute atomic E-state index is 0.149. The Hall–Kier alpha value is -2.23. The van der Waals surface area contributed by atoms with Crippen LogP contribution in [0.3, 0.4) is 0 Å². The number of allylic oxidation sites excluding steroid dienone is 4. The quantitative estimate of drug-likeness (QED) is 0.110. The molecule has 2 N–H and O–H groups in total. The zero-order valence-electron chi connectivity index (χ0n) is 19.4. The number of aromatic hydroxyl groups is 2. The zero-order chi connectivity index (χ0) is 22.6. The van der Waals surface area contributed by atoms with E-state index in [9.17, 15) is 15.0 Å². The number of hydrogen-bond acceptors (Lipinski definition) is 4. The molecule has 0 bridgehead atoms. The molecule has 0 fully saturated rings. The normalized spacial score (nSPS) is 11.5. The summed E-state index contributed by atoms with van der Waals surface area (Å²) in [5, 5.41) is 18.7. The Balaban J connectivity index is 1.88. The molecule has 1 rings (SSSR count). The van der Waals surface area contributed by atoms with Crippen molar-refractivity contribution in [2.24, 2.45) is 0 Å². The van der Waals surface area contributed by atoms with Crippen molar-refractivity contribution < 1.29 is 19.7 Å². The smallest absolute Gasteiger partial charge is 0.306 e. The molecule has 4 heteroatoms. The number of unbranched alkanes of at least 4 members (excludes halogenated alkanes) is 9. The molecular weight excluding hydrogens is 388 g/mol. The van der Waals surface area contributed by atoms with Crippen LogP contribution in [0.5, 0.6) is 11.5 Å². The lowest BCUT2D eigenvalue weighted by molar-refractivity contribution is -0.143. The highest BCUT2D eigenvalue weighted by Crippen LogP contribution is 2.25. The number of carbonyl (C=O) groups is 1. The minimum atomic E-state index is -0.213. The van der Waals surface area contributed by atoms with Gasteiger partial charge in [-0.05, 0) is 62.6 Å². The second kappa shape index (κ2) is 18.5. The molecule has 0 aromatic heterocycles. The van der Waals surface area contributed by atoms with Gasteiger partial charge in [-0.15, -0.1) is 0 Å². The first-order valence-electron chi connectivity index (χ1n) is 12.1. The van der Waals surface area contributed by atoms with Crippen LogP contribution >= 0.6 is 0 Å². The number of carbonyl (C=O) groups excluding carboxylic acids is 1. The molecule has 174 valence electrons. The molecular formula is C27H42O4. The van der Waals surface area contributed by atoms with E-state index in [2.05, 4.69) is 31.2 Å². The van der Waals surface area contributed by atoms with Crippen LogP contribution in [0, 0.1) is 0 Å². The highest BCUT2D eigenvalue weighted by atomic mass is 16.5. The van der Waals surface area contributed by atoms with E-state index in [-0.39, 0.29) is 23.9 Å². The Labute approximate surface area is 189 Å². The average Bonchev–Trinajstić information content (AvgIpc) is 2.76. The molecule has 0 amide bonds. The number of ether oxygens (including phenoxy) is 1. The molecule has 0 aliphatic rings. The Kier molecular flexibility index (Phi) is 16.0. The highest BCUT2D eigenvalue weighted by Gasteiger charge is 2.06. The lowest BCUT2D eigenvalue weighted by Gasteiger charge is -2.06. The van der Waals surface area contributed by atoms with E-state index in [0.29, 0.717) is 13.0 Å². The lowest BCUT2D eigenvalue weighted by Crippen LogP contribution is -2.07. The Morgan fingerprint density at radius 2 is 1.48 bits per heavy atom. The summed E-state index contributed by atoms with van der Waals surface area (Å²) in [4.78, 5) is 11.8.